The van der Waals surface area contributed by atoms with E-state index in [9.17, 15) is 0 Å². The van der Waals surface area contributed by atoms with Gasteiger partial charge in [-0.1, -0.05) is 103 Å². The summed E-state index contributed by atoms with van der Waals surface area (Å²) in [5.74, 6) is 1.37. The SMILES string of the molecule is C1=CC=C(c2cc(-c3ccccc3)cc(-c3ncc(C4=C5Sc6ccccc6C56CC6C=C4)cn3)c2)CC=C1. The Kier molecular flexibility index (Phi) is 5.21. The van der Waals surface area contributed by atoms with Crippen LogP contribution in [0.2, 0.25) is 0 Å². The molecule has 1 aliphatic heterocycles. The normalized spacial score (nSPS) is 22.2. The Morgan fingerprint density at radius 3 is 2.44 bits per heavy atom. The van der Waals surface area contributed by atoms with Gasteiger partial charge in [-0.05, 0) is 76.4 Å². The third kappa shape index (κ3) is 3.72. The second-order valence-electron chi connectivity index (χ2n) is 10.7. The molecule has 186 valence electrons. The van der Waals surface area contributed by atoms with Crippen molar-refractivity contribution in [3.8, 4) is 22.5 Å². The molecule has 1 saturated carbocycles. The smallest absolute Gasteiger partial charge is 0.159 e. The summed E-state index contributed by atoms with van der Waals surface area (Å²) in [4.78, 5) is 12.7. The molecule has 2 nitrogen and oxygen atoms in total. The van der Waals surface area contributed by atoms with Crippen molar-refractivity contribution in [2.45, 2.75) is 23.2 Å². The molecule has 1 fully saturated rings. The van der Waals surface area contributed by atoms with Crippen LogP contribution in [0.15, 0.2) is 138 Å². The van der Waals surface area contributed by atoms with Crippen molar-refractivity contribution in [1.29, 1.82) is 0 Å². The molecule has 0 radical (unpaired) electrons. The number of allylic oxidation sites excluding steroid dienone is 10. The van der Waals surface area contributed by atoms with E-state index in [2.05, 4.69) is 115 Å². The second-order valence-corrected chi connectivity index (χ2v) is 11.7. The maximum absolute atomic E-state index is 4.93. The average molecular weight is 519 g/mol. The van der Waals surface area contributed by atoms with Crippen LogP contribution in [0, 0.1) is 5.92 Å². The predicted molar refractivity (Wildman–Crippen MR) is 162 cm³/mol. The standard InChI is InChI=1S/C36H26N2S/c1-2-5-11-24(10-4-1)26-18-27(25-12-6-3-7-13-25)20-28(19-26)35-37-22-29(23-38-35)31-17-16-30-21-36(30)32-14-8-9-15-33(32)39-34(31)36/h1-10,12-20,22-23,30H,11,21H2. The van der Waals surface area contributed by atoms with E-state index in [1.165, 1.54) is 49.6 Å². The summed E-state index contributed by atoms with van der Waals surface area (Å²) < 4.78 is 0. The van der Waals surface area contributed by atoms with Crippen molar-refractivity contribution >= 4 is 22.9 Å². The van der Waals surface area contributed by atoms with E-state index in [4.69, 9.17) is 9.97 Å². The highest BCUT2D eigenvalue weighted by Gasteiger charge is 2.62. The zero-order chi connectivity index (χ0) is 25.8. The first-order valence-corrected chi connectivity index (χ1v) is 14.4. The van der Waals surface area contributed by atoms with Crippen LogP contribution < -0.4 is 0 Å². The van der Waals surface area contributed by atoms with E-state index in [0.717, 1.165) is 23.4 Å². The Bertz CT molecular complexity index is 1770. The molecule has 4 aliphatic rings. The molecule has 3 heteroatoms. The first-order chi connectivity index (χ1) is 19.3. The van der Waals surface area contributed by atoms with Gasteiger partial charge in [-0.15, -0.1) is 0 Å². The number of rotatable bonds is 4. The Hall–Kier alpha value is -4.21. The molecule has 3 aliphatic carbocycles. The number of thioether (sulfide) groups is 1. The molecule has 1 spiro atoms. The molecule has 0 saturated heterocycles. The largest absolute Gasteiger partial charge is 0.236 e. The topological polar surface area (TPSA) is 25.8 Å². The van der Waals surface area contributed by atoms with Gasteiger partial charge in [0.2, 0.25) is 0 Å². The second kappa shape index (κ2) is 8.93. The average Bonchev–Trinajstić information content (AvgIpc) is 3.73. The zero-order valence-corrected chi connectivity index (χ0v) is 22.2. The fourth-order valence-electron chi connectivity index (χ4n) is 6.30. The van der Waals surface area contributed by atoms with Crippen molar-refractivity contribution in [1.82, 2.24) is 9.97 Å². The molecule has 4 aromatic rings. The summed E-state index contributed by atoms with van der Waals surface area (Å²) in [6.07, 6.45) is 21.6. The van der Waals surface area contributed by atoms with E-state index in [1.807, 2.05) is 24.2 Å². The van der Waals surface area contributed by atoms with Gasteiger partial charge in [-0.3, -0.25) is 0 Å². The van der Waals surface area contributed by atoms with E-state index in [0.29, 0.717) is 5.92 Å². The van der Waals surface area contributed by atoms with Gasteiger partial charge in [-0.25, -0.2) is 9.97 Å². The van der Waals surface area contributed by atoms with Crippen molar-refractivity contribution < 1.29 is 0 Å². The van der Waals surface area contributed by atoms with Crippen molar-refractivity contribution in [2.24, 2.45) is 5.92 Å². The van der Waals surface area contributed by atoms with Crippen LogP contribution in [0.25, 0.3) is 33.7 Å². The molecular weight excluding hydrogens is 492 g/mol. The maximum atomic E-state index is 4.93. The Morgan fingerprint density at radius 1 is 0.744 bits per heavy atom. The molecule has 2 heterocycles. The van der Waals surface area contributed by atoms with Gasteiger partial charge in [0.1, 0.15) is 0 Å². The number of hydrogen-bond donors (Lipinski definition) is 0. The molecule has 39 heavy (non-hydrogen) atoms. The molecule has 2 unspecified atom stereocenters. The van der Waals surface area contributed by atoms with Crippen LogP contribution in [-0.4, -0.2) is 9.97 Å². The van der Waals surface area contributed by atoms with Gasteiger partial charge in [0.25, 0.3) is 0 Å². The summed E-state index contributed by atoms with van der Waals surface area (Å²) in [7, 11) is 0. The molecule has 1 aromatic heterocycles. The maximum Gasteiger partial charge on any atom is 0.159 e. The van der Waals surface area contributed by atoms with Gasteiger partial charge in [0.05, 0.1) is 0 Å². The first kappa shape index (κ1) is 22.7. The highest BCUT2D eigenvalue weighted by Crippen LogP contribution is 2.72. The van der Waals surface area contributed by atoms with Crippen LogP contribution in [0.4, 0.5) is 0 Å². The molecule has 8 rings (SSSR count). The summed E-state index contributed by atoms with van der Waals surface area (Å²) in [6.45, 7) is 0. The molecule has 3 aromatic carbocycles. The number of aromatic nitrogens is 2. The molecule has 0 amide bonds. The Labute approximate surface area is 233 Å². The molecule has 0 N–H and O–H groups in total. The van der Waals surface area contributed by atoms with Crippen LogP contribution >= 0.6 is 11.8 Å². The minimum atomic E-state index is 0.179. The summed E-state index contributed by atoms with van der Waals surface area (Å²) in [5.41, 5.74) is 9.95. The lowest BCUT2D eigenvalue weighted by Crippen LogP contribution is -2.11. The highest BCUT2D eigenvalue weighted by atomic mass is 32.2. The number of hydrogen-bond acceptors (Lipinski definition) is 3. The van der Waals surface area contributed by atoms with Crippen molar-refractivity contribution in [2.75, 3.05) is 0 Å². The molecule has 2 atom stereocenters. The summed E-state index contributed by atoms with van der Waals surface area (Å²) in [5, 5.41) is 0. The van der Waals surface area contributed by atoms with Crippen LogP contribution in [0.3, 0.4) is 0 Å². The van der Waals surface area contributed by atoms with Gasteiger partial charge >= 0.3 is 0 Å². The third-order valence-corrected chi connectivity index (χ3v) is 9.73. The third-order valence-electron chi connectivity index (χ3n) is 8.36. The minimum Gasteiger partial charge on any atom is -0.236 e. The monoisotopic (exact) mass is 518 g/mol. The number of fused-ring (bicyclic) bond motifs is 1. The van der Waals surface area contributed by atoms with Gasteiger partial charge < -0.3 is 0 Å². The summed E-state index contributed by atoms with van der Waals surface area (Å²) in [6, 6.07) is 26.2. The van der Waals surface area contributed by atoms with Crippen LogP contribution in [0.1, 0.15) is 29.5 Å². The lowest BCUT2D eigenvalue weighted by atomic mass is 9.86. The van der Waals surface area contributed by atoms with Crippen molar-refractivity contribution in [3.63, 3.8) is 0 Å². The van der Waals surface area contributed by atoms with Crippen LogP contribution in [-0.2, 0) is 5.41 Å². The molecular formula is C36H26N2S. The zero-order valence-electron chi connectivity index (χ0n) is 21.4. The number of benzene rings is 3. The molecule has 0 bridgehead atoms. The number of nitrogens with zero attached hydrogens (tertiary/aromatic N) is 2. The van der Waals surface area contributed by atoms with Gasteiger partial charge in [0, 0.05) is 38.7 Å². The minimum absolute atomic E-state index is 0.179. The van der Waals surface area contributed by atoms with E-state index < -0.39 is 0 Å². The quantitative estimate of drug-likeness (QED) is 0.269. The van der Waals surface area contributed by atoms with Gasteiger partial charge in [0.15, 0.2) is 5.82 Å². The van der Waals surface area contributed by atoms with E-state index in [-0.39, 0.29) is 5.41 Å². The highest BCUT2D eigenvalue weighted by molar-refractivity contribution is 8.03. The van der Waals surface area contributed by atoms with Gasteiger partial charge in [-0.2, -0.15) is 0 Å². The first-order valence-electron chi connectivity index (χ1n) is 13.6. The van der Waals surface area contributed by atoms with Crippen LogP contribution in [0.5, 0.6) is 0 Å². The Morgan fingerprint density at radius 2 is 1.54 bits per heavy atom. The fraction of sp³-hybridized carbons (Fsp3) is 0.111. The fourth-order valence-corrected chi connectivity index (χ4v) is 7.85. The lowest BCUT2D eigenvalue weighted by molar-refractivity contribution is 0.803. The van der Waals surface area contributed by atoms with E-state index >= 15 is 0 Å². The predicted octanol–water partition coefficient (Wildman–Crippen LogP) is 9.05. The summed E-state index contributed by atoms with van der Waals surface area (Å²) >= 11 is 1.94. The van der Waals surface area contributed by atoms with Crippen molar-refractivity contribution in [3.05, 3.63) is 149 Å². The van der Waals surface area contributed by atoms with E-state index in [1.54, 1.807) is 0 Å². The Balaban J connectivity index is 1.20. The lowest BCUT2D eigenvalue weighted by Gasteiger charge is -2.19.